The van der Waals surface area contributed by atoms with E-state index in [4.69, 9.17) is 4.74 Å². The number of thiophene rings is 1. The molecule has 4 rings (SSSR count). The molecule has 1 aromatic carbocycles. The van der Waals surface area contributed by atoms with Crippen molar-refractivity contribution in [1.29, 1.82) is 5.26 Å². The topological polar surface area (TPSA) is 73.6 Å². The zero-order valence-corrected chi connectivity index (χ0v) is 20.7. The Labute approximate surface area is 205 Å². The number of allylic oxidation sites excluding steroid dienone is 3. The molecule has 1 aliphatic carbocycles. The Morgan fingerprint density at radius 1 is 1.35 bits per heavy atom. The van der Waals surface area contributed by atoms with Crippen molar-refractivity contribution in [2.45, 2.75) is 45.8 Å². The van der Waals surface area contributed by atoms with Crippen molar-refractivity contribution in [3.63, 3.8) is 0 Å². The minimum atomic E-state index is -0.0387. The van der Waals surface area contributed by atoms with Gasteiger partial charge in [0, 0.05) is 22.7 Å². The van der Waals surface area contributed by atoms with E-state index in [1.54, 1.807) is 16.2 Å². The second-order valence-corrected chi connectivity index (χ2v) is 10.1. The number of carbonyl (C=O) groups is 1. The summed E-state index contributed by atoms with van der Waals surface area (Å²) < 4.78 is 5.76. The van der Waals surface area contributed by atoms with Gasteiger partial charge in [-0.3, -0.25) is 4.79 Å². The fourth-order valence-electron chi connectivity index (χ4n) is 5.01. The number of hydrogen-bond donors (Lipinski definition) is 1. The summed E-state index contributed by atoms with van der Waals surface area (Å²) in [6, 6.07) is 12.2. The molecule has 1 saturated heterocycles. The van der Waals surface area contributed by atoms with Crippen molar-refractivity contribution < 1.29 is 14.6 Å². The standard InChI is InChI=1S/C28H30N2O3S/c1-5-6-22(23-14-20-15-27(32)30(11-12-31)28(20)18(23)4)26-10-9-25(34-26)19-7-8-24(33-17(2)3)21(13-19)16-29/h5-10,13,17,20,28,31H,4,11-12,14-15H2,1-3H3/b6-5-,23-22+/t20-,28-/m0/s1. The molecule has 6 heteroatoms. The molecule has 2 heterocycles. The molecule has 1 N–H and O–H groups in total. The van der Waals surface area contributed by atoms with Crippen molar-refractivity contribution in [2.75, 3.05) is 13.2 Å². The van der Waals surface area contributed by atoms with Gasteiger partial charge in [0.2, 0.25) is 5.91 Å². The minimum Gasteiger partial charge on any atom is -0.490 e. The van der Waals surface area contributed by atoms with Gasteiger partial charge in [0.1, 0.15) is 11.8 Å². The number of ether oxygens (including phenoxy) is 1. The Bertz CT molecular complexity index is 1210. The van der Waals surface area contributed by atoms with Crippen LogP contribution in [0.4, 0.5) is 0 Å². The number of nitrogens with zero attached hydrogens (tertiary/aromatic N) is 2. The van der Waals surface area contributed by atoms with Gasteiger partial charge in [-0.05, 0) is 85.7 Å². The van der Waals surface area contributed by atoms with E-state index in [2.05, 4.69) is 30.9 Å². The molecule has 0 bridgehead atoms. The average molecular weight is 475 g/mol. The minimum absolute atomic E-state index is 0.00362. The van der Waals surface area contributed by atoms with Gasteiger partial charge in [0.25, 0.3) is 0 Å². The number of hydrogen-bond acceptors (Lipinski definition) is 5. The van der Waals surface area contributed by atoms with E-state index in [1.165, 1.54) is 5.57 Å². The number of carbonyl (C=O) groups excluding carboxylic acids is 1. The molecule has 5 nitrogen and oxygen atoms in total. The third kappa shape index (κ3) is 4.46. The van der Waals surface area contributed by atoms with Crippen LogP contribution in [0, 0.1) is 17.2 Å². The van der Waals surface area contributed by atoms with Crippen molar-refractivity contribution >= 4 is 22.8 Å². The number of β-amino-alcohol motifs (C(OH)–C–C–N with tert-alkyl or cyclic N) is 1. The molecule has 0 unspecified atom stereocenters. The number of aliphatic hydroxyl groups is 1. The van der Waals surface area contributed by atoms with Crippen LogP contribution in [0.1, 0.15) is 44.1 Å². The van der Waals surface area contributed by atoms with Crippen LogP contribution in [-0.2, 0) is 4.79 Å². The van der Waals surface area contributed by atoms with Gasteiger partial charge in [-0.1, -0.05) is 18.7 Å². The van der Waals surface area contributed by atoms with Crippen LogP contribution in [0.25, 0.3) is 16.0 Å². The molecule has 2 aliphatic rings. The third-order valence-corrected chi connectivity index (χ3v) is 7.54. The maximum absolute atomic E-state index is 12.4. The van der Waals surface area contributed by atoms with E-state index in [0.29, 0.717) is 24.3 Å². The monoisotopic (exact) mass is 474 g/mol. The SMILES string of the molecule is C=C1/C(=C(\C=C/C)c2ccc(-c3ccc(OC(C)C)c(C#N)c3)s2)C[C@H]2CC(=O)N(CCO)[C@@H]12. The van der Waals surface area contributed by atoms with Gasteiger partial charge in [-0.25, -0.2) is 0 Å². The highest BCUT2D eigenvalue weighted by Crippen LogP contribution is 2.48. The van der Waals surface area contributed by atoms with E-state index in [1.807, 2.05) is 45.0 Å². The molecule has 0 radical (unpaired) electrons. The fraction of sp³-hybridized carbons (Fsp3) is 0.357. The zero-order valence-electron chi connectivity index (χ0n) is 19.9. The Morgan fingerprint density at radius 2 is 2.15 bits per heavy atom. The van der Waals surface area contributed by atoms with Gasteiger partial charge in [-0.15, -0.1) is 11.3 Å². The number of likely N-dealkylation sites (tertiary alicyclic amines) is 1. The first-order valence-corrected chi connectivity index (χ1v) is 12.5. The summed E-state index contributed by atoms with van der Waals surface area (Å²) in [5, 5.41) is 19.0. The Kier molecular flexibility index (Phi) is 7.06. The maximum Gasteiger partial charge on any atom is 0.223 e. The second kappa shape index (κ2) is 10.0. The average Bonchev–Trinajstić information content (AvgIpc) is 3.49. The predicted molar refractivity (Wildman–Crippen MR) is 136 cm³/mol. The second-order valence-electron chi connectivity index (χ2n) is 8.99. The molecule has 2 aromatic rings. The molecule has 176 valence electrons. The smallest absolute Gasteiger partial charge is 0.223 e. The molecule has 1 amide bonds. The van der Waals surface area contributed by atoms with E-state index in [9.17, 15) is 15.2 Å². The maximum atomic E-state index is 12.4. The highest BCUT2D eigenvalue weighted by atomic mass is 32.1. The number of rotatable bonds is 7. The summed E-state index contributed by atoms with van der Waals surface area (Å²) in [7, 11) is 0. The van der Waals surface area contributed by atoms with Crippen LogP contribution in [0.15, 0.2) is 60.2 Å². The van der Waals surface area contributed by atoms with Gasteiger partial charge in [-0.2, -0.15) is 5.26 Å². The Hall–Kier alpha value is -3.14. The number of aliphatic hydroxyl groups excluding tert-OH is 1. The van der Waals surface area contributed by atoms with Gasteiger partial charge < -0.3 is 14.7 Å². The quantitative estimate of drug-likeness (QED) is 0.569. The largest absolute Gasteiger partial charge is 0.490 e. The normalized spacial score (nSPS) is 21.5. The van der Waals surface area contributed by atoms with Crippen molar-refractivity contribution in [3.05, 3.63) is 70.6 Å². The Morgan fingerprint density at radius 3 is 2.82 bits per heavy atom. The summed E-state index contributed by atoms with van der Waals surface area (Å²) in [5.74, 6) is 0.923. The number of amides is 1. The van der Waals surface area contributed by atoms with Crippen molar-refractivity contribution in [2.24, 2.45) is 5.92 Å². The number of benzene rings is 1. The summed E-state index contributed by atoms with van der Waals surface area (Å²) in [6.07, 6.45) is 5.47. The van der Waals surface area contributed by atoms with Crippen LogP contribution in [0.5, 0.6) is 5.75 Å². The molecule has 2 atom stereocenters. The van der Waals surface area contributed by atoms with Gasteiger partial charge in [0.15, 0.2) is 0 Å². The molecular formula is C28H30N2O3S. The molecule has 1 saturated carbocycles. The van der Waals surface area contributed by atoms with E-state index in [-0.39, 0.29) is 30.6 Å². The first-order chi connectivity index (χ1) is 16.4. The predicted octanol–water partition coefficient (Wildman–Crippen LogP) is 5.57. The lowest BCUT2D eigenvalue weighted by molar-refractivity contribution is -0.129. The van der Waals surface area contributed by atoms with E-state index >= 15 is 0 Å². The van der Waals surface area contributed by atoms with Crippen LogP contribution >= 0.6 is 11.3 Å². The summed E-state index contributed by atoms with van der Waals surface area (Å²) in [4.78, 5) is 16.4. The van der Waals surface area contributed by atoms with Crippen LogP contribution in [-0.4, -0.2) is 41.2 Å². The van der Waals surface area contributed by atoms with Crippen molar-refractivity contribution in [1.82, 2.24) is 4.90 Å². The molecule has 0 spiro atoms. The molecular weight excluding hydrogens is 444 g/mol. The summed E-state index contributed by atoms with van der Waals surface area (Å²) in [6.45, 7) is 10.6. The molecule has 1 aliphatic heterocycles. The van der Waals surface area contributed by atoms with Crippen LogP contribution in [0.3, 0.4) is 0 Å². The molecule has 2 fully saturated rings. The Balaban J connectivity index is 1.68. The van der Waals surface area contributed by atoms with E-state index < -0.39 is 0 Å². The fourth-order valence-corrected chi connectivity index (χ4v) is 6.06. The lowest BCUT2D eigenvalue weighted by Crippen LogP contribution is -2.36. The highest BCUT2D eigenvalue weighted by Gasteiger charge is 2.46. The third-order valence-electron chi connectivity index (χ3n) is 6.37. The van der Waals surface area contributed by atoms with Gasteiger partial charge >= 0.3 is 0 Å². The lowest BCUT2D eigenvalue weighted by Gasteiger charge is -2.24. The molecule has 1 aromatic heterocycles. The van der Waals surface area contributed by atoms with Crippen LogP contribution in [0.2, 0.25) is 0 Å². The van der Waals surface area contributed by atoms with Crippen molar-refractivity contribution in [3.8, 4) is 22.3 Å². The molecule has 34 heavy (non-hydrogen) atoms. The summed E-state index contributed by atoms with van der Waals surface area (Å²) >= 11 is 1.68. The zero-order chi connectivity index (χ0) is 24.4. The summed E-state index contributed by atoms with van der Waals surface area (Å²) in [5.41, 5.74) is 4.81. The van der Waals surface area contributed by atoms with E-state index in [0.717, 1.165) is 32.9 Å². The number of nitriles is 1. The first-order valence-electron chi connectivity index (χ1n) is 11.6. The van der Waals surface area contributed by atoms with Gasteiger partial charge in [0.05, 0.1) is 24.3 Å². The highest BCUT2D eigenvalue weighted by molar-refractivity contribution is 7.16. The first kappa shape index (κ1) is 24.0. The number of fused-ring (bicyclic) bond motifs is 1. The lowest BCUT2D eigenvalue weighted by atomic mass is 10.00. The van der Waals surface area contributed by atoms with Crippen LogP contribution < -0.4 is 4.74 Å².